The van der Waals surface area contributed by atoms with Crippen LogP contribution in [-0.2, 0) is 9.53 Å². The van der Waals surface area contributed by atoms with Crippen molar-refractivity contribution < 1.29 is 14.6 Å². The second-order valence-corrected chi connectivity index (χ2v) is 5.75. The van der Waals surface area contributed by atoms with Crippen LogP contribution in [0.5, 0.6) is 0 Å². The van der Waals surface area contributed by atoms with E-state index in [2.05, 4.69) is 9.80 Å². The molecule has 18 heavy (non-hydrogen) atoms. The Bertz CT molecular complexity index is 323. The van der Waals surface area contributed by atoms with Gasteiger partial charge in [-0.05, 0) is 32.2 Å². The van der Waals surface area contributed by atoms with Crippen LogP contribution in [0, 0.1) is 0 Å². The highest BCUT2D eigenvalue weighted by Crippen LogP contribution is 2.24. The van der Waals surface area contributed by atoms with E-state index < -0.39 is 12.1 Å². The molecule has 3 aliphatic rings. The molecule has 0 aromatic heterocycles. The summed E-state index contributed by atoms with van der Waals surface area (Å²) in [5.41, 5.74) is 0. The molecule has 0 spiro atoms. The summed E-state index contributed by atoms with van der Waals surface area (Å²) in [5, 5.41) is 8.91. The summed E-state index contributed by atoms with van der Waals surface area (Å²) < 4.78 is 5.58. The molecule has 0 radical (unpaired) electrons. The number of aliphatic carboxylic acids is 1. The molecule has 3 unspecified atom stereocenters. The highest BCUT2D eigenvalue weighted by molar-refractivity contribution is 5.72. The number of hydrogen-bond donors (Lipinski definition) is 1. The van der Waals surface area contributed by atoms with Crippen molar-refractivity contribution >= 4 is 5.97 Å². The van der Waals surface area contributed by atoms with E-state index in [0.717, 1.165) is 32.1 Å². The van der Waals surface area contributed by atoms with Crippen LogP contribution in [-0.4, -0.2) is 71.8 Å². The third kappa shape index (κ3) is 2.53. The van der Waals surface area contributed by atoms with Crippen LogP contribution in [0.1, 0.15) is 25.7 Å². The fourth-order valence-corrected chi connectivity index (χ4v) is 3.53. The SMILES string of the molecule is O=C(O)C1CCC(CN2CCN3CCCC3C2)O1. The zero-order chi connectivity index (χ0) is 12.5. The summed E-state index contributed by atoms with van der Waals surface area (Å²) in [6.45, 7) is 5.58. The van der Waals surface area contributed by atoms with Gasteiger partial charge in [0.25, 0.3) is 0 Å². The van der Waals surface area contributed by atoms with Gasteiger partial charge in [0.1, 0.15) is 0 Å². The van der Waals surface area contributed by atoms with Crippen LogP contribution < -0.4 is 0 Å². The van der Waals surface area contributed by atoms with Crippen LogP contribution in [0.2, 0.25) is 0 Å². The molecule has 5 nitrogen and oxygen atoms in total. The van der Waals surface area contributed by atoms with Crippen molar-refractivity contribution in [3.05, 3.63) is 0 Å². The monoisotopic (exact) mass is 254 g/mol. The predicted octanol–water partition coefficient (Wildman–Crippen LogP) is 0.399. The largest absolute Gasteiger partial charge is 0.479 e. The molecule has 1 N–H and O–H groups in total. The van der Waals surface area contributed by atoms with E-state index in [1.165, 1.54) is 25.9 Å². The number of fused-ring (bicyclic) bond motifs is 1. The summed E-state index contributed by atoms with van der Waals surface area (Å²) in [7, 11) is 0. The van der Waals surface area contributed by atoms with Crippen LogP contribution in [0.4, 0.5) is 0 Å². The van der Waals surface area contributed by atoms with Gasteiger partial charge in [-0.2, -0.15) is 0 Å². The number of ether oxygens (including phenoxy) is 1. The molecular weight excluding hydrogens is 232 g/mol. The van der Waals surface area contributed by atoms with Crippen LogP contribution in [0.25, 0.3) is 0 Å². The Morgan fingerprint density at radius 2 is 2.11 bits per heavy atom. The number of carbonyl (C=O) groups is 1. The van der Waals surface area contributed by atoms with Gasteiger partial charge in [-0.3, -0.25) is 9.80 Å². The van der Waals surface area contributed by atoms with Crippen molar-refractivity contribution in [2.45, 2.75) is 43.9 Å². The maximum Gasteiger partial charge on any atom is 0.332 e. The van der Waals surface area contributed by atoms with E-state index in [4.69, 9.17) is 9.84 Å². The third-order valence-corrected chi connectivity index (χ3v) is 4.52. The highest BCUT2D eigenvalue weighted by Gasteiger charge is 2.35. The molecule has 3 heterocycles. The van der Waals surface area contributed by atoms with Crippen molar-refractivity contribution in [2.75, 3.05) is 32.7 Å². The molecule has 0 bridgehead atoms. The molecule has 0 aromatic rings. The molecular formula is C13H22N2O3. The van der Waals surface area contributed by atoms with Gasteiger partial charge in [0.2, 0.25) is 0 Å². The van der Waals surface area contributed by atoms with Crippen molar-refractivity contribution in [3.8, 4) is 0 Å². The number of carboxylic acid groups (broad SMARTS) is 1. The first-order valence-electron chi connectivity index (χ1n) is 7.07. The van der Waals surface area contributed by atoms with E-state index >= 15 is 0 Å². The summed E-state index contributed by atoms with van der Waals surface area (Å²) in [4.78, 5) is 15.9. The first kappa shape index (κ1) is 12.4. The Labute approximate surface area is 108 Å². The number of carboxylic acids is 1. The Morgan fingerprint density at radius 1 is 1.22 bits per heavy atom. The maximum absolute atomic E-state index is 10.8. The van der Waals surface area contributed by atoms with Gasteiger partial charge in [-0.15, -0.1) is 0 Å². The summed E-state index contributed by atoms with van der Waals surface area (Å²) in [5.74, 6) is -0.807. The molecule has 5 heteroatoms. The fraction of sp³-hybridized carbons (Fsp3) is 0.923. The lowest BCUT2D eigenvalue weighted by Crippen LogP contribution is -2.51. The fourth-order valence-electron chi connectivity index (χ4n) is 3.53. The number of piperazine rings is 1. The predicted molar refractivity (Wildman–Crippen MR) is 66.6 cm³/mol. The van der Waals surface area contributed by atoms with Crippen molar-refractivity contribution in [3.63, 3.8) is 0 Å². The summed E-state index contributed by atoms with van der Waals surface area (Å²) >= 11 is 0. The van der Waals surface area contributed by atoms with E-state index in [1.807, 2.05) is 0 Å². The standard InChI is InChI=1S/C13H22N2O3/c16-13(17)12-4-3-11(18-12)9-14-6-7-15-5-1-2-10(15)8-14/h10-12H,1-9H2,(H,16,17). The number of rotatable bonds is 3. The van der Waals surface area contributed by atoms with Gasteiger partial charge in [-0.1, -0.05) is 0 Å². The number of nitrogens with zero attached hydrogens (tertiary/aromatic N) is 2. The minimum Gasteiger partial charge on any atom is -0.479 e. The van der Waals surface area contributed by atoms with Crippen LogP contribution in [0.15, 0.2) is 0 Å². The Hall–Kier alpha value is -0.650. The molecule has 3 atom stereocenters. The molecule has 3 saturated heterocycles. The Balaban J connectivity index is 1.47. The molecule has 0 aliphatic carbocycles. The lowest BCUT2D eigenvalue weighted by molar-refractivity contribution is -0.149. The first-order chi connectivity index (χ1) is 8.72. The van der Waals surface area contributed by atoms with Gasteiger partial charge in [0.05, 0.1) is 6.10 Å². The topological polar surface area (TPSA) is 53.0 Å². The molecule has 0 aromatic carbocycles. The molecule has 3 fully saturated rings. The Kier molecular flexibility index (Phi) is 3.54. The van der Waals surface area contributed by atoms with Gasteiger partial charge >= 0.3 is 5.97 Å². The van der Waals surface area contributed by atoms with Gasteiger partial charge in [0.15, 0.2) is 6.10 Å². The van der Waals surface area contributed by atoms with E-state index in [1.54, 1.807) is 0 Å². The molecule has 0 amide bonds. The molecule has 0 saturated carbocycles. The van der Waals surface area contributed by atoms with Crippen LogP contribution in [0.3, 0.4) is 0 Å². The van der Waals surface area contributed by atoms with E-state index in [-0.39, 0.29) is 6.10 Å². The lowest BCUT2D eigenvalue weighted by Gasteiger charge is -2.38. The Morgan fingerprint density at radius 3 is 2.89 bits per heavy atom. The van der Waals surface area contributed by atoms with E-state index in [0.29, 0.717) is 6.42 Å². The molecule has 3 rings (SSSR count). The average molecular weight is 254 g/mol. The normalized spacial score (nSPS) is 37.9. The second kappa shape index (κ2) is 5.15. The second-order valence-electron chi connectivity index (χ2n) is 5.75. The van der Waals surface area contributed by atoms with E-state index in [9.17, 15) is 4.79 Å². The first-order valence-corrected chi connectivity index (χ1v) is 7.07. The summed E-state index contributed by atoms with van der Waals surface area (Å²) in [6.07, 6.45) is 3.77. The number of hydrogen-bond acceptors (Lipinski definition) is 4. The minimum atomic E-state index is -0.807. The molecule has 3 aliphatic heterocycles. The zero-order valence-electron chi connectivity index (χ0n) is 10.8. The van der Waals surface area contributed by atoms with Crippen molar-refractivity contribution in [2.24, 2.45) is 0 Å². The van der Waals surface area contributed by atoms with Crippen LogP contribution >= 0.6 is 0 Å². The highest BCUT2D eigenvalue weighted by atomic mass is 16.5. The third-order valence-electron chi connectivity index (χ3n) is 4.52. The average Bonchev–Trinajstić information content (AvgIpc) is 2.96. The summed E-state index contributed by atoms with van der Waals surface area (Å²) in [6, 6.07) is 0.732. The van der Waals surface area contributed by atoms with Crippen molar-refractivity contribution in [1.29, 1.82) is 0 Å². The minimum absolute atomic E-state index is 0.124. The van der Waals surface area contributed by atoms with Gasteiger partial charge in [-0.25, -0.2) is 4.79 Å². The lowest BCUT2D eigenvalue weighted by atomic mass is 10.1. The van der Waals surface area contributed by atoms with Gasteiger partial charge in [0, 0.05) is 32.2 Å². The maximum atomic E-state index is 10.8. The van der Waals surface area contributed by atoms with Crippen molar-refractivity contribution in [1.82, 2.24) is 9.80 Å². The quantitative estimate of drug-likeness (QED) is 0.790. The smallest absolute Gasteiger partial charge is 0.332 e. The zero-order valence-corrected chi connectivity index (χ0v) is 10.8. The van der Waals surface area contributed by atoms with Gasteiger partial charge < -0.3 is 9.84 Å². The molecule has 102 valence electrons.